The fourth-order valence-electron chi connectivity index (χ4n) is 7.81. The molecule has 0 aromatic heterocycles. The molecule has 0 radical (unpaired) electrons. The number of aliphatic hydroxyl groups is 1. The van der Waals surface area contributed by atoms with Crippen LogP contribution in [0, 0.1) is 17.8 Å². The van der Waals surface area contributed by atoms with Crippen LogP contribution in [-0.2, 0) is 28.7 Å². The van der Waals surface area contributed by atoms with E-state index in [2.05, 4.69) is 25.4 Å². The van der Waals surface area contributed by atoms with Crippen LogP contribution in [0.2, 0.25) is 0 Å². The smallest absolute Gasteiger partial charge is 0.313 e. The van der Waals surface area contributed by atoms with Crippen LogP contribution in [0.25, 0.3) is 0 Å². The predicted octanol–water partition coefficient (Wildman–Crippen LogP) is 4.34. The largest absolute Gasteiger partial charge is 0.455 e. The van der Waals surface area contributed by atoms with E-state index in [1.54, 1.807) is 22.0 Å². The van der Waals surface area contributed by atoms with Crippen LogP contribution < -0.4 is 5.32 Å². The van der Waals surface area contributed by atoms with Gasteiger partial charge in [-0.1, -0.05) is 76.1 Å². The van der Waals surface area contributed by atoms with Gasteiger partial charge in [-0.3, -0.25) is 19.2 Å². The Morgan fingerprint density at radius 3 is 2.53 bits per heavy atom. The Bertz CT molecular complexity index is 1290. The summed E-state index contributed by atoms with van der Waals surface area (Å²) >= 11 is 0. The average molecular weight is 652 g/mol. The maximum atomic E-state index is 14.7. The number of hydrogen-bond donors (Lipinski definition) is 2. The fourth-order valence-corrected chi connectivity index (χ4v) is 7.81. The van der Waals surface area contributed by atoms with Crippen molar-refractivity contribution in [1.82, 2.24) is 15.1 Å². The lowest BCUT2D eigenvalue weighted by atomic mass is 9.70. The Morgan fingerprint density at radius 1 is 1.19 bits per heavy atom. The second-order valence-corrected chi connectivity index (χ2v) is 13.3. The van der Waals surface area contributed by atoms with E-state index < -0.39 is 47.7 Å². The normalized spacial score (nSPS) is 27.0. The van der Waals surface area contributed by atoms with Crippen molar-refractivity contribution in [3.8, 4) is 0 Å². The SMILES string of the molecule is C=CCCC(=O)NC[C@@H](OC(=O)[C@@H]1[C@H]2C(=O)N([C@@H](CO)[C@@H](C)CC)[C@H](C(=O)N(CC=C)C(C)CCC)[C@]23CC[C@H]1O3)c1ccccc1. The lowest BCUT2D eigenvalue weighted by molar-refractivity contribution is -0.161. The van der Waals surface area contributed by atoms with Gasteiger partial charge in [0.25, 0.3) is 0 Å². The first-order valence-corrected chi connectivity index (χ1v) is 17.2. The number of amides is 3. The molecule has 3 heterocycles. The van der Waals surface area contributed by atoms with Crippen LogP contribution in [0.1, 0.15) is 84.3 Å². The maximum Gasteiger partial charge on any atom is 0.313 e. The van der Waals surface area contributed by atoms with Crippen LogP contribution >= 0.6 is 0 Å². The minimum Gasteiger partial charge on any atom is -0.455 e. The molecule has 3 aliphatic rings. The summed E-state index contributed by atoms with van der Waals surface area (Å²) in [6, 6.07) is 7.44. The Morgan fingerprint density at radius 2 is 1.91 bits per heavy atom. The van der Waals surface area contributed by atoms with Crippen molar-refractivity contribution in [3.05, 3.63) is 61.2 Å². The number of nitrogens with zero attached hydrogens (tertiary/aromatic N) is 2. The number of allylic oxidation sites excluding steroid dienone is 1. The van der Waals surface area contributed by atoms with Crippen LogP contribution in [0.3, 0.4) is 0 Å². The molecule has 47 heavy (non-hydrogen) atoms. The number of esters is 1. The monoisotopic (exact) mass is 651 g/mol. The first kappa shape index (κ1) is 36.3. The first-order valence-electron chi connectivity index (χ1n) is 17.2. The summed E-state index contributed by atoms with van der Waals surface area (Å²) in [5.74, 6) is -3.37. The molecule has 10 nitrogen and oxygen atoms in total. The number of carbonyl (C=O) groups is 4. The van der Waals surface area contributed by atoms with Crippen molar-refractivity contribution in [2.24, 2.45) is 17.8 Å². The number of nitrogens with one attached hydrogen (secondary N) is 1. The van der Waals surface area contributed by atoms with Crippen molar-refractivity contribution in [3.63, 3.8) is 0 Å². The number of rotatable bonds is 18. The molecule has 1 unspecified atom stereocenters. The zero-order valence-corrected chi connectivity index (χ0v) is 28.4. The van der Waals surface area contributed by atoms with Gasteiger partial charge < -0.3 is 29.7 Å². The van der Waals surface area contributed by atoms with E-state index in [0.717, 1.165) is 12.8 Å². The second kappa shape index (κ2) is 16.1. The van der Waals surface area contributed by atoms with Crippen LogP contribution in [-0.4, -0.2) is 88.1 Å². The van der Waals surface area contributed by atoms with E-state index in [1.165, 1.54) is 0 Å². The summed E-state index contributed by atoms with van der Waals surface area (Å²) in [7, 11) is 0. The molecular weight excluding hydrogens is 598 g/mol. The van der Waals surface area contributed by atoms with Gasteiger partial charge in [-0.05, 0) is 44.1 Å². The molecule has 1 spiro atoms. The van der Waals surface area contributed by atoms with Gasteiger partial charge >= 0.3 is 5.97 Å². The highest BCUT2D eigenvalue weighted by molar-refractivity contribution is 5.98. The summed E-state index contributed by atoms with van der Waals surface area (Å²) in [6.45, 7) is 15.6. The molecule has 3 fully saturated rings. The zero-order chi connectivity index (χ0) is 34.3. The van der Waals surface area contributed by atoms with E-state index in [0.29, 0.717) is 37.8 Å². The van der Waals surface area contributed by atoms with Gasteiger partial charge in [-0.15, -0.1) is 13.2 Å². The highest BCUT2D eigenvalue weighted by Gasteiger charge is 2.76. The first-order chi connectivity index (χ1) is 22.6. The topological polar surface area (TPSA) is 125 Å². The molecule has 10 heteroatoms. The quantitative estimate of drug-likeness (QED) is 0.179. The number of fused-ring (bicyclic) bond motifs is 1. The van der Waals surface area contributed by atoms with Crippen molar-refractivity contribution in [2.75, 3.05) is 19.7 Å². The third-order valence-corrected chi connectivity index (χ3v) is 10.4. The summed E-state index contributed by atoms with van der Waals surface area (Å²) in [4.78, 5) is 59.3. The third-order valence-electron chi connectivity index (χ3n) is 10.4. The summed E-state index contributed by atoms with van der Waals surface area (Å²) in [5.41, 5.74) is -0.520. The minimum absolute atomic E-state index is 0.0629. The molecule has 3 saturated heterocycles. The lowest BCUT2D eigenvalue weighted by Gasteiger charge is -2.42. The molecule has 3 aliphatic heterocycles. The van der Waals surface area contributed by atoms with E-state index in [9.17, 15) is 24.3 Å². The molecule has 4 rings (SSSR count). The highest BCUT2D eigenvalue weighted by atomic mass is 16.6. The minimum atomic E-state index is -1.23. The number of hydrogen-bond acceptors (Lipinski definition) is 7. The Hall–Kier alpha value is -3.50. The number of carbonyl (C=O) groups excluding carboxylic acids is 4. The molecule has 0 aliphatic carbocycles. The number of benzene rings is 1. The van der Waals surface area contributed by atoms with Gasteiger partial charge in [0.05, 0.1) is 37.1 Å². The second-order valence-electron chi connectivity index (χ2n) is 13.3. The van der Waals surface area contributed by atoms with Crippen LogP contribution in [0.4, 0.5) is 0 Å². The summed E-state index contributed by atoms with van der Waals surface area (Å²) in [6.07, 6.45) is 6.03. The zero-order valence-electron chi connectivity index (χ0n) is 28.4. The van der Waals surface area contributed by atoms with Crippen molar-refractivity contribution in [1.29, 1.82) is 0 Å². The van der Waals surface area contributed by atoms with Gasteiger partial charge in [0.2, 0.25) is 17.7 Å². The molecule has 1 aromatic carbocycles. The van der Waals surface area contributed by atoms with Gasteiger partial charge in [-0.2, -0.15) is 0 Å². The number of aliphatic hydroxyl groups excluding tert-OH is 1. The van der Waals surface area contributed by atoms with Crippen LogP contribution in [0.5, 0.6) is 0 Å². The van der Waals surface area contributed by atoms with Crippen molar-refractivity contribution >= 4 is 23.7 Å². The molecule has 2 N–H and O–H groups in total. The Labute approximate surface area is 279 Å². The number of ether oxygens (including phenoxy) is 2. The van der Waals surface area contributed by atoms with Gasteiger partial charge in [-0.25, -0.2) is 0 Å². The molecular formula is C37H53N3O7. The third kappa shape index (κ3) is 7.18. The van der Waals surface area contributed by atoms with E-state index in [-0.39, 0.29) is 49.3 Å². The van der Waals surface area contributed by atoms with E-state index in [1.807, 2.05) is 51.1 Å². The summed E-state index contributed by atoms with van der Waals surface area (Å²) in [5, 5.41) is 13.5. The van der Waals surface area contributed by atoms with Crippen molar-refractivity contribution in [2.45, 2.75) is 109 Å². The molecule has 9 atom stereocenters. The lowest BCUT2D eigenvalue weighted by Crippen LogP contribution is -2.60. The molecule has 0 saturated carbocycles. The maximum absolute atomic E-state index is 14.7. The molecule has 258 valence electrons. The Balaban J connectivity index is 1.70. The van der Waals surface area contributed by atoms with Gasteiger partial charge in [0.1, 0.15) is 17.7 Å². The molecule has 2 bridgehead atoms. The van der Waals surface area contributed by atoms with Crippen LogP contribution in [0.15, 0.2) is 55.6 Å². The van der Waals surface area contributed by atoms with E-state index in [4.69, 9.17) is 9.47 Å². The molecule has 1 aromatic rings. The fraction of sp³-hybridized carbons (Fsp3) is 0.622. The standard InChI is InChI=1S/C37H53N3O7/c1-7-11-18-30(42)38-22-29(26-16-13-12-14-17-26)46-36(45)31-28-19-20-37(47-28)32(31)34(43)40(27(23-41)24(5)10-4)33(37)35(44)39(21-9-3)25(6)15-8-2/h7,9,12-14,16-17,24-25,27-29,31-33,41H,1,3,8,10-11,15,18-23H2,2,4-6H3,(H,38,42)/t24-,25?,27-,28+,29+,31-,32-,33+,37-/m0/s1. The highest BCUT2D eigenvalue weighted by Crippen LogP contribution is 2.59. The summed E-state index contributed by atoms with van der Waals surface area (Å²) < 4.78 is 12.8. The average Bonchev–Trinajstić information content (AvgIpc) is 3.72. The van der Waals surface area contributed by atoms with Gasteiger partial charge in [0, 0.05) is 19.0 Å². The molecule has 3 amide bonds. The Kier molecular flexibility index (Phi) is 12.4. The number of likely N-dealkylation sites (tertiary alicyclic amines) is 1. The van der Waals surface area contributed by atoms with E-state index >= 15 is 0 Å². The van der Waals surface area contributed by atoms with Gasteiger partial charge in [0.15, 0.2) is 0 Å². The van der Waals surface area contributed by atoms with Crippen molar-refractivity contribution < 1.29 is 33.8 Å². The predicted molar refractivity (Wildman–Crippen MR) is 179 cm³/mol.